The lowest BCUT2D eigenvalue weighted by molar-refractivity contribution is 0.0474. The number of guanidine groups is 1. The first-order chi connectivity index (χ1) is 14.1. The van der Waals surface area contributed by atoms with E-state index in [2.05, 4.69) is 57.3 Å². The Morgan fingerprint density at radius 1 is 1.13 bits per heavy atom. The molecule has 1 heterocycles. The number of rotatable bonds is 7. The highest BCUT2D eigenvalue weighted by Crippen LogP contribution is 2.19. The van der Waals surface area contributed by atoms with Gasteiger partial charge < -0.3 is 25.6 Å². The maximum atomic E-state index is 12.1. The van der Waals surface area contributed by atoms with E-state index >= 15 is 0 Å². The molecule has 7 nitrogen and oxygen atoms in total. The summed E-state index contributed by atoms with van der Waals surface area (Å²) in [7, 11) is 0. The third-order valence-electron chi connectivity index (χ3n) is 4.40. The number of alkyl carbamates (subject to hydrolysis) is 1. The molecule has 1 aromatic carbocycles. The Labute approximate surface area is 181 Å². The number of aliphatic imine (C=N–C) groups is 1. The van der Waals surface area contributed by atoms with Crippen molar-refractivity contribution < 1.29 is 9.53 Å². The Bertz CT molecular complexity index is 757. The monoisotopic (exact) mass is 415 g/mol. The van der Waals surface area contributed by atoms with E-state index in [1.165, 1.54) is 5.69 Å². The quantitative estimate of drug-likeness (QED) is 0.361. The normalized spacial score (nSPS) is 14.6. The number of amides is 1. The number of nitrogens with zero attached hydrogens (tertiary/aromatic N) is 2. The Morgan fingerprint density at radius 3 is 2.47 bits per heavy atom. The van der Waals surface area contributed by atoms with Crippen molar-refractivity contribution in [2.75, 3.05) is 31.1 Å². The van der Waals surface area contributed by atoms with Crippen molar-refractivity contribution in [2.24, 2.45) is 4.99 Å². The average Bonchev–Trinajstić information content (AvgIpc) is 3.17. The highest BCUT2D eigenvalue weighted by atomic mass is 16.6. The summed E-state index contributed by atoms with van der Waals surface area (Å²) in [5.41, 5.74) is 1.35. The van der Waals surface area contributed by atoms with Crippen molar-refractivity contribution in [1.82, 2.24) is 16.0 Å². The van der Waals surface area contributed by atoms with E-state index in [0.29, 0.717) is 19.0 Å². The fourth-order valence-corrected chi connectivity index (χ4v) is 2.98. The molecule has 0 atom stereocenters. The molecule has 0 saturated heterocycles. The third kappa shape index (κ3) is 8.35. The lowest BCUT2D eigenvalue weighted by Gasteiger charge is -2.29. The fraction of sp³-hybridized carbons (Fsp3) is 0.565. The second-order valence-corrected chi connectivity index (χ2v) is 9.11. The average molecular weight is 416 g/mol. The van der Waals surface area contributed by atoms with Gasteiger partial charge in [-0.05, 0) is 59.2 Å². The molecular weight excluding hydrogens is 378 g/mol. The van der Waals surface area contributed by atoms with Crippen molar-refractivity contribution in [3.63, 3.8) is 0 Å². The van der Waals surface area contributed by atoms with E-state index < -0.39 is 17.2 Å². The van der Waals surface area contributed by atoms with E-state index in [9.17, 15) is 4.79 Å². The molecule has 166 valence electrons. The van der Waals surface area contributed by atoms with Gasteiger partial charge in [0.05, 0.1) is 12.1 Å². The number of benzene rings is 1. The zero-order valence-electron chi connectivity index (χ0n) is 19.2. The predicted molar refractivity (Wildman–Crippen MR) is 124 cm³/mol. The number of anilines is 1. The molecule has 0 bridgehead atoms. The van der Waals surface area contributed by atoms with Crippen LogP contribution in [0.2, 0.25) is 0 Å². The van der Waals surface area contributed by atoms with Crippen molar-refractivity contribution in [2.45, 2.75) is 59.2 Å². The molecule has 1 aliphatic rings. The van der Waals surface area contributed by atoms with Crippen LogP contribution in [-0.2, 0) is 11.3 Å². The maximum absolute atomic E-state index is 12.1. The second-order valence-electron chi connectivity index (χ2n) is 9.11. The van der Waals surface area contributed by atoms with Crippen molar-refractivity contribution in [3.05, 3.63) is 42.0 Å². The number of ether oxygens (including phenoxy) is 1. The van der Waals surface area contributed by atoms with Gasteiger partial charge in [-0.15, -0.1) is 0 Å². The number of hydrogen-bond donors (Lipinski definition) is 3. The smallest absolute Gasteiger partial charge is 0.408 e. The molecule has 1 aliphatic heterocycles. The molecule has 0 spiro atoms. The van der Waals surface area contributed by atoms with Gasteiger partial charge in [0, 0.05) is 31.9 Å². The molecule has 0 aromatic heterocycles. The van der Waals surface area contributed by atoms with Crippen LogP contribution in [0.1, 0.15) is 47.1 Å². The van der Waals surface area contributed by atoms with E-state index in [-0.39, 0.29) is 0 Å². The highest BCUT2D eigenvalue weighted by molar-refractivity contribution is 5.80. The van der Waals surface area contributed by atoms with Crippen LogP contribution >= 0.6 is 0 Å². The fourth-order valence-electron chi connectivity index (χ4n) is 2.98. The summed E-state index contributed by atoms with van der Waals surface area (Å²) in [6.45, 7) is 15.2. The molecule has 7 heteroatoms. The maximum Gasteiger partial charge on any atom is 0.408 e. The van der Waals surface area contributed by atoms with Gasteiger partial charge in [-0.25, -0.2) is 9.79 Å². The summed E-state index contributed by atoms with van der Waals surface area (Å²) >= 11 is 0. The van der Waals surface area contributed by atoms with Crippen LogP contribution in [0.25, 0.3) is 0 Å². The van der Waals surface area contributed by atoms with Gasteiger partial charge in [0.1, 0.15) is 5.60 Å². The summed E-state index contributed by atoms with van der Waals surface area (Å²) in [6, 6.07) is 8.49. The minimum absolute atomic E-state index is 0.426. The van der Waals surface area contributed by atoms with Gasteiger partial charge in [0.15, 0.2) is 5.96 Å². The van der Waals surface area contributed by atoms with Gasteiger partial charge in [-0.2, -0.15) is 0 Å². The van der Waals surface area contributed by atoms with Gasteiger partial charge in [-0.3, -0.25) is 0 Å². The Morgan fingerprint density at radius 2 is 1.83 bits per heavy atom. The van der Waals surface area contributed by atoms with Crippen LogP contribution in [-0.4, -0.2) is 49.4 Å². The lowest BCUT2D eigenvalue weighted by atomic mass is 10.1. The topological polar surface area (TPSA) is 78.0 Å². The molecule has 0 unspecified atom stereocenters. The van der Waals surface area contributed by atoms with Crippen LogP contribution in [0, 0.1) is 0 Å². The zero-order valence-corrected chi connectivity index (χ0v) is 19.2. The molecule has 0 saturated carbocycles. The Kier molecular flexibility index (Phi) is 8.15. The second kappa shape index (κ2) is 10.4. The van der Waals surface area contributed by atoms with Crippen molar-refractivity contribution in [3.8, 4) is 0 Å². The zero-order chi connectivity index (χ0) is 22.2. The summed E-state index contributed by atoms with van der Waals surface area (Å²) in [5, 5.41) is 9.48. The highest BCUT2D eigenvalue weighted by Gasteiger charge is 2.24. The van der Waals surface area contributed by atoms with Gasteiger partial charge in [0.2, 0.25) is 0 Å². The molecule has 1 amide bonds. The minimum Gasteiger partial charge on any atom is -0.444 e. The van der Waals surface area contributed by atoms with Crippen molar-refractivity contribution >= 4 is 17.7 Å². The summed E-state index contributed by atoms with van der Waals surface area (Å²) in [5.74, 6) is 0.713. The first-order valence-corrected chi connectivity index (χ1v) is 10.6. The molecule has 1 aromatic rings. The van der Waals surface area contributed by atoms with Crippen LogP contribution in [0.5, 0.6) is 0 Å². The number of carbonyl (C=O) groups excluding carboxylic acids is 1. The van der Waals surface area contributed by atoms with Gasteiger partial charge in [-0.1, -0.05) is 24.3 Å². The number of hydrogen-bond acceptors (Lipinski definition) is 4. The largest absolute Gasteiger partial charge is 0.444 e. The molecule has 30 heavy (non-hydrogen) atoms. The first-order valence-electron chi connectivity index (χ1n) is 10.6. The van der Waals surface area contributed by atoms with E-state index in [4.69, 9.17) is 9.73 Å². The standard InChI is InChI=1S/C23H37N5O2/c1-7-24-20(26-17-23(5,6)27-21(29)30-22(2,3)4)25-16-18-11-10-12-19(15-18)28-13-8-9-14-28/h8-12,15H,7,13-14,16-17H2,1-6H3,(H,27,29)(H2,24,25,26). The number of carbonyl (C=O) groups is 1. The number of nitrogens with one attached hydrogen (secondary N) is 3. The molecule has 2 rings (SSSR count). The SMILES string of the molecule is CCNC(=NCc1cccc(N2CC=CC2)c1)NCC(C)(C)NC(=O)OC(C)(C)C. The summed E-state index contributed by atoms with van der Waals surface area (Å²) in [6.07, 6.45) is 3.94. The first kappa shape index (κ1) is 23.6. The van der Waals surface area contributed by atoms with Gasteiger partial charge >= 0.3 is 6.09 Å². The Balaban J connectivity index is 1.94. The molecule has 3 N–H and O–H groups in total. The van der Waals surface area contributed by atoms with Crippen LogP contribution in [0.4, 0.5) is 10.5 Å². The van der Waals surface area contributed by atoms with E-state index in [1.807, 2.05) is 41.5 Å². The van der Waals surface area contributed by atoms with Crippen LogP contribution in [0.15, 0.2) is 41.4 Å². The molecule has 0 fully saturated rings. The molecule has 0 radical (unpaired) electrons. The van der Waals surface area contributed by atoms with E-state index in [0.717, 1.165) is 25.2 Å². The summed E-state index contributed by atoms with van der Waals surface area (Å²) < 4.78 is 5.35. The predicted octanol–water partition coefficient (Wildman–Crippen LogP) is 3.42. The van der Waals surface area contributed by atoms with Crippen LogP contribution < -0.4 is 20.9 Å². The lowest BCUT2D eigenvalue weighted by Crippen LogP contribution is -2.54. The Hall–Kier alpha value is -2.70. The van der Waals surface area contributed by atoms with Crippen molar-refractivity contribution in [1.29, 1.82) is 0 Å². The van der Waals surface area contributed by atoms with Crippen LogP contribution in [0.3, 0.4) is 0 Å². The van der Waals surface area contributed by atoms with E-state index in [1.54, 1.807) is 0 Å². The molecule has 0 aliphatic carbocycles. The van der Waals surface area contributed by atoms with Gasteiger partial charge in [0.25, 0.3) is 0 Å². The third-order valence-corrected chi connectivity index (χ3v) is 4.40. The molecular formula is C23H37N5O2. The minimum atomic E-state index is -0.524. The summed E-state index contributed by atoms with van der Waals surface area (Å²) in [4.78, 5) is 19.1.